The zero-order chi connectivity index (χ0) is 16.8. The van der Waals surface area contributed by atoms with Gasteiger partial charge in [-0.05, 0) is 30.3 Å². The molecule has 8 nitrogen and oxygen atoms in total. The van der Waals surface area contributed by atoms with E-state index in [1.54, 1.807) is 18.3 Å². The van der Waals surface area contributed by atoms with Crippen molar-refractivity contribution in [2.45, 2.75) is 6.92 Å². The normalized spacial score (nSPS) is 10.0. The minimum absolute atomic E-state index is 0.105. The third kappa shape index (κ3) is 4.23. The van der Waals surface area contributed by atoms with E-state index in [1.807, 2.05) is 24.3 Å². The van der Waals surface area contributed by atoms with Crippen molar-refractivity contribution < 1.29 is 4.79 Å². The highest BCUT2D eigenvalue weighted by atomic mass is 16.1. The van der Waals surface area contributed by atoms with E-state index in [9.17, 15) is 4.79 Å². The van der Waals surface area contributed by atoms with Gasteiger partial charge in [-0.1, -0.05) is 0 Å². The van der Waals surface area contributed by atoms with Gasteiger partial charge in [0.15, 0.2) is 0 Å². The van der Waals surface area contributed by atoms with Gasteiger partial charge in [-0.2, -0.15) is 0 Å². The Hall–Kier alpha value is -3.55. The third-order valence-electron chi connectivity index (χ3n) is 2.98. The monoisotopic (exact) mass is 321 g/mol. The Balaban J connectivity index is 1.69. The van der Waals surface area contributed by atoms with Gasteiger partial charge >= 0.3 is 0 Å². The van der Waals surface area contributed by atoms with E-state index in [-0.39, 0.29) is 5.91 Å². The Kier molecular flexibility index (Phi) is 4.57. The highest BCUT2D eigenvalue weighted by Gasteiger charge is 2.02. The zero-order valence-corrected chi connectivity index (χ0v) is 12.9. The highest BCUT2D eigenvalue weighted by Crippen LogP contribution is 2.19. The predicted octanol–water partition coefficient (Wildman–Crippen LogP) is 2.71. The summed E-state index contributed by atoms with van der Waals surface area (Å²) in [6.07, 6.45) is 4.56. The van der Waals surface area contributed by atoms with Crippen molar-refractivity contribution in [3.8, 4) is 0 Å². The van der Waals surface area contributed by atoms with E-state index >= 15 is 0 Å². The SMILES string of the molecule is CC(=O)Nc1ccc(Nc2cc(Nc3ccncn3)ncn2)cc1. The van der Waals surface area contributed by atoms with Crippen LogP contribution in [0.1, 0.15) is 6.92 Å². The first-order valence-corrected chi connectivity index (χ1v) is 7.19. The number of nitrogens with zero attached hydrogens (tertiary/aromatic N) is 4. The fraction of sp³-hybridized carbons (Fsp3) is 0.0625. The number of nitrogens with one attached hydrogen (secondary N) is 3. The molecule has 0 saturated carbocycles. The van der Waals surface area contributed by atoms with Crippen molar-refractivity contribution in [2.24, 2.45) is 0 Å². The van der Waals surface area contributed by atoms with Crippen molar-refractivity contribution in [3.63, 3.8) is 0 Å². The molecule has 0 aliphatic carbocycles. The summed E-state index contributed by atoms with van der Waals surface area (Å²) in [6.45, 7) is 1.47. The molecule has 120 valence electrons. The molecule has 2 aromatic heterocycles. The van der Waals surface area contributed by atoms with Crippen LogP contribution in [-0.2, 0) is 4.79 Å². The summed E-state index contributed by atoms with van der Waals surface area (Å²) >= 11 is 0. The fourth-order valence-electron chi connectivity index (χ4n) is 1.98. The largest absolute Gasteiger partial charge is 0.340 e. The molecule has 0 saturated heterocycles. The van der Waals surface area contributed by atoms with E-state index in [1.165, 1.54) is 19.6 Å². The van der Waals surface area contributed by atoms with Crippen LogP contribution in [0.5, 0.6) is 0 Å². The number of hydrogen-bond acceptors (Lipinski definition) is 7. The topological polar surface area (TPSA) is 105 Å². The van der Waals surface area contributed by atoms with Gasteiger partial charge in [0.1, 0.15) is 30.1 Å². The molecule has 3 N–H and O–H groups in total. The molecule has 1 aromatic carbocycles. The van der Waals surface area contributed by atoms with E-state index in [2.05, 4.69) is 35.9 Å². The molecular weight excluding hydrogens is 306 g/mol. The minimum Gasteiger partial charge on any atom is -0.340 e. The lowest BCUT2D eigenvalue weighted by atomic mass is 10.2. The van der Waals surface area contributed by atoms with Crippen LogP contribution < -0.4 is 16.0 Å². The maximum atomic E-state index is 11.0. The molecule has 8 heteroatoms. The van der Waals surface area contributed by atoms with Gasteiger partial charge in [-0.3, -0.25) is 4.79 Å². The van der Waals surface area contributed by atoms with Crippen molar-refractivity contribution in [1.29, 1.82) is 0 Å². The van der Waals surface area contributed by atoms with Crippen molar-refractivity contribution in [3.05, 3.63) is 55.2 Å². The fourth-order valence-corrected chi connectivity index (χ4v) is 1.98. The molecule has 3 aromatic rings. The molecule has 0 aliphatic rings. The Morgan fingerprint density at radius 2 is 1.50 bits per heavy atom. The van der Waals surface area contributed by atoms with E-state index < -0.39 is 0 Å². The lowest BCUT2D eigenvalue weighted by Gasteiger charge is -2.09. The summed E-state index contributed by atoms with van der Waals surface area (Å²) in [7, 11) is 0. The van der Waals surface area contributed by atoms with Crippen LogP contribution in [0.25, 0.3) is 0 Å². The van der Waals surface area contributed by atoms with Crippen molar-refractivity contribution in [2.75, 3.05) is 16.0 Å². The molecule has 1 amide bonds. The van der Waals surface area contributed by atoms with Crippen LogP contribution >= 0.6 is 0 Å². The van der Waals surface area contributed by atoms with Crippen LogP contribution in [0.15, 0.2) is 55.2 Å². The molecule has 0 unspecified atom stereocenters. The Morgan fingerprint density at radius 1 is 0.833 bits per heavy atom. The zero-order valence-electron chi connectivity index (χ0n) is 12.9. The molecule has 3 rings (SSSR count). The molecule has 0 spiro atoms. The Labute approximate surface area is 138 Å². The second-order valence-electron chi connectivity index (χ2n) is 4.89. The Morgan fingerprint density at radius 3 is 2.17 bits per heavy atom. The number of hydrogen-bond donors (Lipinski definition) is 3. The number of amides is 1. The molecule has 0 aliphatic heterocycles. The number of anilines is 5. The summed E-state index contributed by atoms with van der Waals surface area (Å²) in [5.41, 5.74) is 1.58. The molecule has 0 fully saturated rings. The number of rotatable bonds is 5. The van der Waals surface area contributed by atoms with Crippen molar-refractivity contribution >= 4 is 34.7 Å². The van der Waals surface area contributed by atoms with Crippen LogP contribution in [0.3, 0.4) is 0 Å². The van der Waals surface area contributed by atoms with E-state index in [4.69, 9.17) is 0 Å². The standard InChI is InChI=1S/C16H15N7O/c1-11(24)21-12-2-4-13(5-3-12)22-15-8-16(20-10-19-15)23-14-6-7-17-9-18-14/h2-10H,1H3,(H,21,24)(H2,17,18,19,20,22,23). The lowest BCUT2D eigenvalue weighted by molar-refractivity contribution is -0.114. The third-order valence-corrected chi connectivity index (χ3v) is 2.98. The first-order chi connectivity index (χ1) is 11.7. The van der Waals surface area contributed by atoms with E-state index in [0.717, 1.165) is 11.4 Å². The van der Waals surface area contributed by atoms with Gasteiger partial charge in [0, 0.05) is 30.6 Å². The average Bonchev–Trinajstić information content (AvgIpc) is 2.57. The number of aromatic nitrogens is 4. The summed E-state index contributed by atoms with van der Waals surface area (Å²) < 4.78 is 0. The van der Waals surface area contributed by atoms with Crippen LogP contribution in [-0.4, -0.2) is 25.8 Å². The van der Waals surface area contributed by atoms with Gasteiger partial charge in [-0.15, -0.1) is 0 Å². The summed E-state index contributed by atoms with van der Waals surface area (Å²) in [5.74, 6) is 1.79. The summed E-state index contributed by atoms with van der Waals surface area (Å²) in [4.78, 5) is 27.3. The number of benzene rings is 1. The molecule has 0 radical (unpaired) electrons. The smallest absolute Gasteiger partial charge is 0.221 e. The van der Waals surface area contributed by atoms with Crippen LogP contribution in [0.4, 0.5) is 28.8 Å². The molecule has 24 heavy (non-hydrogen) atoms. The van der Waals surface area contributed by atoms with Gasteiger partial charge in [-0.25, -0.2) is 19.9 Å². The summed E-state index contributed by atoms with van der Waals surface area (Å²) in [6, 6.07) is 10.8. The quantitative estimate of drug-likeness (QED) is 0.663. The maximum Gasteiger partial charge on any atom is 0.221 e. The first kappa shape index (κ1) is 15.3. The van der Waals surface area contributed by atoms with Gasteiger partial charge in [0.2, 0.25) is 5.91 Å². The minimum atomic E-state index is -0.105. The van der Waals surface area contributed by atoms with Crippen LogP contribution in [0.2, 0.25) is 0 Å². The number of carbonyl (C=O) groups excluding carboxylic acids is 1. The average molecular weight is 321 g/mol. The maximum absolute atomic E-state index is 11.0. The predicted molar refractivity (Wildman–Crippen MR) is 91.4 cm³/mol. The van der Waals surface area contributed by atoms with Gasteiger partial charge in [0.05, 0.1) is 0 Å². The summed E-state index contributed by atoms with van der Waals surface area (Å²) in [5, 5.41) is 8.96. The first-order valence-electron chi connectivity index (χ1n) is 7.19. The molecule has 0 bridgehead atoms. The van der Waals surface area contributed by atoms with Crippen molar-refractivity contribution in [1.82, 2.24) is 19.9 Å². The van der Waals surface area contributed by atoms with Gasteiger partial charge in [0.25, 0.3) is 0 Å². The second kappa shape index (κ2) is 7.14. The Bertz CT molecular complexity index is 821. The molecular formula is C16H15N7O. The van der Waals surface area contributed by atoms with Gasteiger partial charge < -0.3 is 16.0 Å². The highest BCUT2D eigenvalue weighted by molar-refractivity contribution is 5.88. The second-order valence-corrected chi connectivity index (χ2v) is 4.89. The van der Waals surface area contributed by atoms with E-state index in [0.29, 0.717) is 17.5 Å². The molecule has 0 atom stereocenters. The van der Waals surface area contributed by atoms with Crippen LogP contribution in [0, 0.1) is 0 Å². The lowest BCUT2D eigenvalue weighted by Crippen LogP contribution is -2.05. The molecule has 2 heterocycles. The number of carbonyl (C=O) groups is 1.